The van der Waals surface area contributed by atoms with Crippen LogP contribution in [0.4, 0.5) is 0 Å². The molecule has 1 aliphatic heterocycles. The van der Waals surface area contributed by atoms with Crippen molar-refractivity contribution in [3.8, 4) is 0 Å². The summed E-state index contributed by atoms with van der Waals surface area (Å²) in [6, 6.07) is 0. The fourth-order valence-electron chi connectivity index (χ4n) is 1.18. The normalized spacial score (nSPS) is 26.8. The second kappa shape index (κ2) is 3.69. The molecular weight excluding hydrogens is 148 g/mol. The van der Waals surface area contributed by atoms with Gasteiger partial charge >= 0.3 is 5.97 Å². The second-order valence-electron chi connectivity index (χ2n) is 2.72. The Morgan fingerprint density at radius 2 is 2.45 bits per heavy atom. The van der Waals surface area contributed by atoms with Crippen LogP contribution in [0.3, 0.4) is 0 Å². The molecular formula is C7H12O4. The molecule has 0 aliphatic carbocycles. The average Bonchev–Trinajstić information content (AvgIpc) is 2.39. The molecule has 0 radical (unpaired) electrons. The van der Waals surface area contributed by atoms with E-state index in [0.29, 0.717) is 6.61 Å². The summed E-state index contributed by atoms with van der Waals surface area (Å²) in [6.45, 7) is 0.691. The van der Waals surface area contributed by atoms with Gasteiger partial charge in [-0.3, -0.25) is 0 Å². The topological polar surface area (TPSA) is 66.8 Å². The minimum atomic E-state index is -1.27. The number of hydrogen-bond acceptors (Lipinski definition) is 3. The van der Waals surface area contributed by atoms with Gasteiger partial charge in [0.1, 0.15) is 0 Å². The monoisotopic (exact) mass is 160 g/mol. The lowest BCUT2D eigenvalue weighted by Crippen LogP contribution is -2.25. The van der Waals surface area contributed by atoms with Crippen LogP contribution in [0.15, 0.2) is 0 Å². The van der Waals surface area contributed by atoms with Crippen molar-refractivity contribution >= 4 is 5.97 Å². The molecule has 1 unspecified atom stereocenters. The number of ether oxygens (including phenoxy) is 1. The maximum absolute atomic E-state index is 10.2. The van der Waals surface area contributed by atoms with Crippen molar-refractivity contribution in [3.63, 3.8) is 0 Å². The van der Waals surface area contributed by atoms with Gasteiger partial charge in [0.05, 0.1) is 6.10 Å². The van der Waals surface area contributed by atoms with Gasteiger partial charge in [-0.05, 0) is 12.8 Å². The quantitative estimate of drug-likeness (QED) is 0.610. The Morgan fingerprint density at radius 1 is 1.73 bits per heavy atom. The van der Waals surface area contributed by atoms with Gasteiger partial charge in [0.25, 0.3) is 0 Å². The van der Waals surface area contributed by atoms with E-state index < -0.39 is 12.1 Å². The minimum absolute atomic E-state index is 0.0545. The summed E-state index contributed by atoms with van der Waals surface area (Å²) in [7, 11) is 0. The molecule has 4 nitrogen and oxygen atoms in total. The van der Waals surface area contributed by atoms with E-state index in [1.807, 2.05) is 0 Å². The van der Waals surface area contributed by atoms with E-state index in [0.717, 1.165) is 12.8 Å². The Labute approximate surface area is 64.8 Å². The molecule has 0 spiro atoms. The van der Waals surface area contributed by atoms with Crippen molar-refractivity contribution < 1.29 is 19.7 Å². The number of aliphatic hydroxyl groups is 1. The lowest BCUT2D eigenvalue weighted by molar-refractivity contribution is -0.148. The first-order chi connectivity index (χ1) is 5.20. The maximum Gasteiger partial charge on any atom is 0.332 e. The Bertz CT molecular complexity index is 139. The highest BCUT2D eigenvalue weighted by Crippen LogP contribution is 2.16. The molecule has 0 aromatic rings. The van der Waals surface area contributed by atoms with E-state index in [1.54, 1.807) is 0 Å². The summed E-state index contributed by atoms with van der Waals surface area (Å²) in [5, 5.41) is 17.2. The second-order valence-corrected chi connectivity index (χ2v) is 2.72. The van der Waals surface area contributed by atoms with Crippen LogP contribution in [0.2, 0.25) is 0 Å². The predicted molar refractivity (Wildman–Crippen MR) is 37.2 cm³/mol. The average molecular weight is 160 g/mol. The van der Waals surface area contributed by atoms with E-state index in [-0.39, 0.29) is 12.5 Å². The van der Waals surface area contributed by atoms with Crippen LogP contribution in [-0.2, 0) is 9.53 Å². The summed E-state index contributed by atoms with van der Waals surface area (Å²) in [5.41, 5.74) is 0. The molecule has 1 fully saturated rings. The summed E-state index contributed by atoms with van der Waals surface area (Å²) < 4.78 is 5.15. The standard InChI is InChI=1S/C7H12O4/c8-6(7(9)10)4-5-2-1-3-11-5/h5-6,8H,1-4H2,(H,9,10)/t5?,6-/m1/s1. The van der Waals surface area contributed by atoms with Gasteiger partial charge in [-0.25, -0.2) is 4.79 Å². The lowest BCUT2D eigenvalue weighted by Gasteiger charge is -2.10. The van der Waals surface area contributed by atoms with Gasteiger partial charge in [0, 0.05) is 13.0 Å². The molecule has 2 atom stereocenters. The van der Waals surface area contributed by atoms with Crippen LogP contribution in [0.5, 0.6) is 0 Å². The van der Waals surface area contributed by atoms with Crippen LogP contribution in [0.1, 0.15) is 19.3 Å². The number of aliphatic hydroxyl groups excluding tert-OH is 1. The van der Waals surface area contributed by atoms with Crippen LogP contribution >= 0.6 is 0 Å². The van der Waals surface area contributed by atoms with Crippen molar-refractivity contribution in [2.45, 2.75) is 31.5 Å². The largest absolute Gasteiger partial charge is 0.479 e. The molecule has 11 heavy (non-hydrogen) atoms. The van der Waals surface area contributed by atoms with E-state index in [2.05, 4.69) is 0 Å². The van der Waals surface area contributed by atoms with Crippen LogP contribution in [0, 0.1) is 0 Å². The number of carboxylic acids is 1. The number of hydrogen-bond donors (Lipinski definition) is 2. The highest BCUT2D eigenvalue weighted by atomic mass is 16.5. The van der Waals surface area contributed by atoms with E-state index in [9.17, 15) is 4.79 Å². The number of carboxylic acid groups (broad SMARTS) is 1. The van der Waals surface area contributed by atoms with Crippen LogP contribution in [-0.4, -0.2) is 35.0 Å². The van der Waals surface area contributed by atoms with Crippen LogP contribution in [0.25, 0.3) is 0 Å². The number of rotatable bonds is 3. The van der Waals surface area contributed by atoms with E-state index in [1.165, 1.54) is 0 Å². The SMILES string of the molecule is O=C(O)[C@H](O)CC1CCCO1. The number of aliphatic carboxylic acids is 1. The Morgan fingerprint density at radius 3 is 2.91 bits per heavy atom. The Kier molecular flexibility index (Phi) is 2.84. The molecule has 1 heterocycles. The van der Waals surface area contributed by atoms with Gasteiger partial charge in [0.15, 0.2) is 6.10 Å². The first-order valence-corrected chi connectivity index (χ1v) is 3.72. The maximum atomic E-state index is 10.2. The summed E-state index contributed by atoms with van der Waals surface area (Å²) in [5.74, 6) is -1.17. The molecule has 1 saturated heterocycles. The summed E-state index contributed by atoms with van der Waals surface area (Å²) in [6.07, 6.45) is 0.732. The van der Waals surface area contributed by atoms with Gasteiger partial charge in [-0.15, -0.1) is 0 Å². The van der Waals surface area contributed by atoms with Crippen molar-refractivity contribution in [3.05, 3.63) is 0 Å². The third kappa shape index (κ3) is 2.48. The summed E-state index contributed by atoms with van der Waals surface area (Å²) >= 11 is 0. The zero-order valence-corrected chi connectivity index (χ0v) is 6.19. The van der Waals surface area contributed by atoms with E-state index in [4.69, 9.17) is 14.9 Å². The zero-order chi connectivity index (χ0) is 8.27. The molecule has 0 bridgehead atoms. The fourth-order valence-corrected chi connectivity index (χ4v) is 1.18. The third-order valence-electron chi connectivity index (χ3n) is 1.80. The Hall–Kier alpha value is -0.610. The molecule has 64 valence electrons. The zero-order valence-electron chi connectivity index (χ0n) is 6.19. The molecule has 0 aromatic heterocycles. The molecule has 2 N–H and O–H groups in total. The Balaban J connectivity index is 2.23. The third-order valence-corrected chi connectivity index (χ3v) is 1.80. The minimum Gasteiger partial charge on any atom is -0.479 e. The van der Waals surface area contributed by atoms with E-state index >= 15 is 0 Å². The fraction of sp³-hybridized carbons (Fsp3) is 0.857. The molecule has 1 rings (SSSR count). The van der Waals surface area contributed by atoms with Crippen molar-refractivity contribution in [2.75, 3.05) is 6.61 Å². The highest BCUT2D eigenvalue weighted by molar-refractivity contribution is 5.71. The smallest absolute Gasteiger partial charge is 0.332 e. The molecule has 0 amide bonds. The number of carbonyl (C=O) groups is 1. The van der Waals surface area contributed by atoms with Crippen molar-refractivity contribution in [1.82, 2.24) is 0 Å². The van der Waals surface area contributed by atoms with Gasteiger partial charge in [-0.1, -0.05) is 0 Å². The molecule has 0 saturated carbocycles. The summed E-state index contributed by atoms with van der Waals surface area (Å²) in [4.78, 5) is 10.2. The molecule has 1 aliphatic rings. The highest BCUT2D eigenvalue weighted by Gasteiger charge is 2.23. The first-order valence-electron chi connectivity index (χ1n) is 3.72. The van der Waals surface area contributed by atoms with Gasteiger partial charge in [0.2, 0.25) is 0 Å². The molecule has 0 aromatic carbocycles. The molecule has 4 heteroatoms. The lowest BCUT2D eigenvalue weighted by atomic mass is 10.1. The predicted octanol–water partition coefficient (Wildman–Crippen LogP) is 0.00100. The van der Waals surface area contributed by atoms with Crippen molar-refractivity contribution in [1.29, 1.82) is 0 Å². The van der Waals surface area contributed by atoms with Gasteiger partial charge < -0.3 is 14.9 Å². The van der Waals surface area contributed by atoms with Gasteiger partial charge in [-0.2, -0.15) is 0 Å². The first kappa shape index (κ1) is 8.49. The van der Waals surface area contributed by atoms with Crippen molar-refractivity contribution in [2.24, 2.45) is 0 Å². The van der Waals surface area contributed by atoms with Crippen LogP contribution < -0.4 is 0 Å².